The fraction of sp³-hybridized carbons (Fsp3) is 0.562. The summed E-state index contributed by atoms with van der Waals surface area (Å²) in [6.45, 7) is 1.93. The van der Waals surface area contributed by atoms with Gasteiger partial charge in [0.1, 0.15) is 18.2 Å². The monoisotopic (exact) mass is 282 g/mol. The summed E-state index contributed by atoms with van der Waals surface area (Å²) in [7, 11) is 0. The molecule has 2 atom stereocenters. The van der Waals surface area contributed by atoms with Crippen LogP contribution in [0.4, 0.5) is 8.78 Å². The molecule has 2 nitrogen and oxygen atoms in total. The molecular weight excluding hydrogens is 262 g/mol. The minimum atomic E-state index is -0.698. The molecule has 110 valence electrons. The van der Waals surface area contributed by atoms with Crippen LogP contribution in [-0.4, -0.2) is 18.5 Å². The van der Waals surface area contributed by atoms with Crippen molar-refractivity contribution in [2.24, 2.45) is 5.92 Å². The first-order chi connectivity index (χ1) is 9.61. The van der Waals surface area contributed by atoms with Gasteiger partial charge in [-0.15, -0.1) is 0 Å². The van der Waals surface area contributed by atoms with E-state index in [1.165, 1.54) is 6.42 Å². The summed E-state index contributed by atoms with van der Waals surface area (Å²) in [5, 5.41) is 0. The summed E-state index contributed by atoms with van der Waals surface area (Å²) in [6.07, 6.45) is 5.44. The lowest BCUT2D eigenvalue weighted by molar-refractivity contribution is -0.00583. The number of carbonyl (C=O) groups is 1. The minimum absolute atomic E-state index is 0.0642. The van der Waals surface area contributed by atoms with Gasteiger partial charge in [0.15, 0.2) is 5.78 Å². The SMILES string of the molecule is CCC1CCCCC1OCC(=O)c1cc(F)ccc1F. The van der Waals surface area contributed by atoms with E-state index in [0.29, 0.717) is 5.92 Å². The van der Waals surface area contributed by atoms with Crippen LogP contribution in [0, 0.1) is 17.6 Å². The number of hydrogen-bond donors (Lipinski definition) is 0. The molecule has 1 saturated carbocycles. The Labute approximate surface area is 118 Å². The van der Waals surface area contributed by atoms with Crippen molar-refractivity contribution in [2.45, 2.75) is 45.1 Å². The summed E-state index contributed by atoms with van der Waals surface area (Å²) in [4.78, 5) is 11.9. The summed E-state index contributed by atoms with van der Waals surface area (Å²) in [5.41, 5.74) is -0.228. The van der Waals surface area contributed by atoms with Gasteiger partial charge >= 0.3 is 0 Å². The van der Waals surface area contributed by atoms with E-state index in [1.54, 1.807) is 0 Å². The molecule has 0 bridgehead atoms. The fourth-order valence-corrected chi connectivity index (χ4v) is 2.83. The van der Waals surface area contributed by atoms with Crippen LogP contribution in [0.3, 0.4) is 0 Å². The van der Waals surface area contributed by atoms with Crippen LogP contribution >= 0.6 is 0 Å². The summed E-state index contributed by atoms with van der Waals surface area (Å²) >= 11 is 0. The Balaban J connectivity index is 1.96. The fourth-order valence-electron chi connectivity index (χ4n) is 2.83. The molecule has 0 radical (unpaired) electrons. The smallest absolute Gasteiger partial charge is 0.191 e. The van der Waals surface area contributed by atoms with Crippen LogP contribution in [0.2, 0.25) is 0 Å². The normalized spacial score (nSPS) is 22.8. The highest BCUT2D eigenvalue weighted by Gasteiger charge is 2.25. The lowest BCUT2D eigenvalue weighted by Crippen LogP contribution is -2.29. The molecule has 20 heavy (non-hydrogen) atoms. The number of halogens is 2. The van der Waals surface area contributed by atoms with Crippen molar-refractivity contribution in [3.05, 3.63) is 35.4 Å². The van der Waals surface area contributed by atoms with Crippen molar-refractivity contribution in [2.75, 3.05) is 6.61 Å². The van der Waals surface area contributed by atoms with Crippen molar-refractivity contribution < 1.29 is 18.3 Å². The lowest BCUT2D eigenvalue weighted by atomic mass is 9.85. The van der Waals surface area contributed by atoms with Crippen molar-refractivity contribution in [3.8, 4) is 0 Å². The molecule has 1 fully saturated rings. The Morgan fingerprint density at radius 1 is 1.30 bits per heavy atom. The minimum Gasteiger partial charge on any atom is -0.370 e. The lowest BCUT2D eigenvalue weighted by Gasteiger charge is -2.30. The molecule has 1 aliphatic rings. The van der Waals surface area contributed by atoms with Gasteiger partial charge in [-0.05, 0) is 37.0 Å². The highest BCUT2D eigenvalue weighted by atomic mass is 19.1. The zero-order valence-corrected chi connectivity index (χ0v) is 11.7. The third-order valence-electron chi connectivity index (χ3n) is 4.02. The number of carbonyl (C=O) groups excluding carboxylic acids is 1. The van der Waals surface area contributed by atoms with Crippen molar-refractivity contribution in [1.82, 2.24) is 0 Å². The van der Waals surface area contributed by atoms with Crippen molar-refractivity contribution in [1.29, 1.82) is 0 Å². The molecule has 0 amide bonds. The number of hydrogen-bond acceptors (Lipinski definition) is 2. The van der Waals surface area contributed by atoms with Crippen LogP contribution in [-0.2, 0) is 4.74 Å². The van der Waals surface area contributed by atoms with Crippen molar-refractivity contribution >= 4 is 5.78 Å². The number of Topliss-reactive ketones (excluding diaryl/α,β-unsaturated/α-hetero) is 1. The number of ketones is 1. The second-order valence-electron chi connectivity index (χ2n) is 5.35. The first-order valence-corrected chi connectivity index (χ1v) is 7.21. The first-order valence-electron chi connectivity index (χ1n) is 7.21. The molecule has 0 N–H and O–H groups in total. The molecule has 2 unspecified atom stereocenters. The van der Waals surface area contributed by atoms with Gasteiger partial charge in [-0.2, -0.15) is 0 Å². The molecule has 1 aromatic carbocycles. The van der Waals surface area contributed by atoms with Gasteiger partial charge in [0.2, 0.25) is 0 Å². The zero-order chi connectivity index (χ0) is 14.5. The molecular formula is C16H20F2O2. The van der Waals surface area contributed by atoms with Crippen molar-refractivity contribution in [3.63, 3.8) is 0 Å². The molecule has 0 saturated heterocycles. The number of benzene rings is 1. The number of ether oxygens (including phenoxy) is 1. The summed E-state index contributed by atoms with van der Waals surface area (Å²) in [5.74, 6) is -1.34. The van der Waals surface area contributed by atoms with E-state index in [4.69, 9.17) is 4.74 Å². The first kappa shape index (κ1) is 15.1. The molecule has 0 spiro atoms. The molecule has 2 rings (SSSR count). The molecule has 0 aromatic heterocycles. The van der Waals surface area contributed by atoms with Gasteiger partial charge in [0, 0.05) is 0 Å². The third-order valence-corrected chi connectivity index (χ3v) is 4.02. The Hall–Kier alpha value is -1.29. The average Bonchev–Trinajstić information content (AvgIpc) is 2.47. The highest BCUT2D eigenvalue weighted by Crippen LogP contribution is 2.29. The maximum Gasteiger partial charge on any atom is 0.191 e. The predicted molar refractivity (Wildman–Crippen MR) is 72.7 cm³/mol. The molecule has 0 heterocycles. The van der Waals surface area contributed by atoms with E-state index in [2.05, 4.69) is 6.92 Å². The van der Waals surface area contributed by atoms with Gasteiger partial charge in [-0.25, -0.2) is 8.78 Å². The summed E-state index contributed by atoms with van der Waals surface area (Å²) in [6, 6.07) is 2.90. The van der Waals surface area contributed by atoms with Gasteiger partial charge in [-0.1, -0.05) is 26.2 Å². The largest absolute Gasteiger partial charge is 0.370 e. The van der Waals surface area contributed by atoms with E-state index >= 15 is 0 Å². The quantitative estimate of drug-likeness (QED) is 0.759. The Morgan fingerprint density at radius 2 is 2.05 bits per heavy atom. The zero-order valence-electron chi connectivity index (χ0n) is 11.7. The van der Waals surface area contributed by atoms with Crippen LogP contribution in [0.25, 0.3) is 0 Å². The standard InChI is InChI=1S/C16H20F2O2/c1-2-11-5-3-4-6-16(11)20-10-15(19)13-9-12(17)7-8-14(13)18/h7-9,11,16H,2-6,10H2,1H3. The van der Waals surface area contributed by atoms with Gasteiger partial charge in [0.25, 0.3) is 0 Å². The third kappa shape index (κ3) is 3.63. The van der Waals surface area contributed by atoms with Crippen LogP contribution in [0.1, 0.15) is 49.4 Å². The molecule has 1 aliphatic carbocycles. The maximum absolute atomic E-state index is 13.5. The Morgan fingerprint density at radius 3 is 2.80 bits per heavy atom. The van der Waals surface area contributed by atoms with Crippen LogP contribution < -0.4 is 0 Å². The maximum atomic E-state index is 13.5. The van der Waals surface area contributed by atoms with Gasteiger partial charge in [-0.3, -0.25) is 4.79 Å². The average molecular weight is 282 g/mol. The molecule has 4 heteroatoms. The summed E-state index contributed by atoms with van der Waals surface area (Å²) < 4.78 is 32.2. The van der Waals surface area contributed by atoms with Crippen LogP contribution in [0.15, 0.2) is 18.2 Å². The second-order valence-corrected chi connectivity index (χ2v) is 5.35. The van der Waals surface area contributed by atoms with Gasteiger partial charge in [0.05, 0.1) is 11.7 Å². The topological polar surface area (TPSA) is 26.3 Å². The van der Waals surface area contributed by atoms with E-state index < -0.39 is 17.4 Å². The van der Waals surface area contributed by atoms with E-state index in [9.17, 15) is 13.6 Å². The van der Waals surface area contributed by atoms with Crippen LogP contribution in [0.5, 0.6) is 0 Å². The molecule has 0 aliphatic heterocycles. The van der Waals surface area contributed by atoms with E-state index in [0.717, 1.165) is 43.9 Å². The Bertz CT molecular complexity index is 474. The van der Waals surface area contributed by atoms with E-state index in [-0.39, 0.29) is 18.3 Å². The van der Waals surface area contributed by atoms with E-state index in [1.807, 2.05) is 0 Å². The second kappa shape index (κ2) is 6.93. The highest BCUT2D eigenvalue weighted by molar-refractivity contribution is 5.97. The number of rotatable bonds is 5. The van der Waals surface area contributed by atoms with Gasteiger partial charge < -0.3 is 4.74 Å². The molecule has 1 aromatic rings. The predicted octanol–water partition coefficient (Wildman–Crippen LogP) is 4.13. The Kier molecular flexibility index (Phi) is 5.24.